The fraction of sp³-hybridized carbons (Fsp3) is 0.261. The van der Waals surface area contributed by atoms with Crippen molar-refractivity contribution in [3.63, 3.8) is 0 Å². The minimum absolute atomic E-state index is 0.00698. The van der Waals surface area contributed by atoms with Crippen molar-refractivity contribution >= 4 is 23.7 Å². The Kier molecular flexibility index (Phi) is 6.36. The molecule has 0 bridgehead atoms. The number of hydrogen-bond donors (Lipinski definition) is 1. The fourth-order valence-corrected chi connectivity index (χ4v) is 3.91. The summed E-state index contributed by atoms with van der Waals surface area (Å²) < 4.78 is 1.23. The van der Waals surface area contributed by atoms with Crippen molar-refractivity contribution in [3.05, 3.63) is 95.5 Å². The van der Waals surface area contributed by atoms with Gasteiger partial charge in [-0.25, -0.2) is 4.79 Å². The number of nitrogens with zero attached hydrogens (tertiary/aromatic N) is 2. The number of H-pyrrole nitrogens is 1. The number of carbonyl (C=O) groups excluding carboxylic acids is 2. The van der Waals surface area contributed by atoms with Crippen molar-refractivity contribution in [2.45, 2.75) is 40.2 Å². The predicted molar refractivity (Wildman–Crippen MR) is 118 cm³/mol. The third-order valence-corrected chi connectivity index (χ3v) is 5.04. The molecule has 7 nitrogen and oxygen atoms in total. The van der Waals surface area contributed by atoms with Gasteiger partial charge in [-0.15, -0.1) is 0 Å². The molecule has 0 aliphatic heterocycles. The van der Waals surface area contributed by atoms with Gasteiger partial charge in [0.1, 0.15) is 11.4 Å². The second-order valence-corrected chi connectivity index (χ2v) is 8.20. The normalized spacial score (nSPS) is 11.0. The molecule has 0 saturated carbocycles. The number of benzene rings is 1. The lowest BCUT2D eigenvalue weighted by molar-refractivity contribution is 0.102. The van der Waals surface area contributed by atoms with Crippen LogP contribution < -0.4 is 11.2 Å². The van der Waals surface area contributed by atoms with Gasteiger partial charge >= 0.3 is 5.69 Å². The first kappa shape index (κ1) is 22.4. The van der Waals surface area contributed by atoms with Gasteiger partial charge < -0.3 is 0 Å². The van der Waals surface area contributed by atoms with Crippen molar-refractivity contribution in [3.8, 4) is 0 Å². The first-order valence-corrected chi connectivity index (χ1v) is 10.1. The van der Waals surface area contributed by atoms with Gasteiger partial charge in [-0.2, -0.15) is 0 Å². The average molecular weight is 440 g/mol. The number of hydrogen-bond acceptors (Lipinski definition) is 5. The summed E-state index contributed by atoms with van der Waals surface area (Å²) in [6, 6.07) is 8.16. The van der Waals surface area contributed by atoms with Crippen LogP contribution in [-0.4, -0.2) is 26.6 Å². The molecule has 0 aliphatic rings. The van der Waals surface area contributed by atoms with Crippen molar-refractivity contribution in [2.75, 3.05) is 0 Å². The fourth-order valence-electron chi connectivity index (χ4n) is 3.62. The highest BCUT2D eigenvalue weighted by Crippen LogP contribution is 2.22. The molecule has 8 heteroatoms. The zero-order valence-electron chi connectivity index (χ0n) is 17.7. The van der Waals surface area contributed by atoms with Crippen LogP contribution in [0.2, 0.25) is 5.02 Å². The van der Waals surface area contributed by atoms with E-state index in [-0.39, 0.29) is 35.0 Å². The van der Waals surface area contributed by atoms with E-state index in [1.165, 1.54) is 10.6 Å². The predicted octanol–water partition coefficient (Wildman–Crippen LogP) is 3.42. The van der Waals surface area contributed by atoms with Crippen molar-refractivity contribution < 1.29 is 9.59 Å². The summed E-state index contributed by atoms with van der Waals surface area (Å²) in [6.07, 6.45) is 0.618. The van der Waals surface area contributed by atoms with Gasteiger partial charge in [-0.3, -0.25) is 28.9 Å². The number of aryl methyl sites for hydroxylation is 2. The second kappa shape index (κ2) is 8.81. The number of halogens is 1. The van der Waals surface area contributed by atoms with Gasteiger partial charge in [0.25, 0.3) is 5.56 Å². The maximum atomic E-state index is 13.5. The first-order valence-electron chi connectivity index (χ1n) is 9.72. The minimum atomic E-state index is -0.710. The van der Waals surface area contributed by atoms with E-state index in [0.29, 0.717) is 22.6 Å². The summed E-state index contributed by atoms with van der Waals surface area (Å²) in [5.41, 5.74) is 1.39. The Bertz CT molecular complexity index is 1280. The third kappa shape index (κ3) is 4.72. The zero-order chi connectivity index (χ0) is 22.9. The van der Waals surface area contributed by atoms with Crippen molar-refractivity contribution in [1.82, 2.24) is 14.5 Å². The van der Waals surface area contributed by atoms with Crippen LogP contribution in [0.15, 0.2) is 39.9 Å². The maximum absolute atomic E-state index is 13.5. The van der Waals surface area contributed by atoms with Crippen molar-refractivity contribution in [1.29, 1.82) is 0 Å². The Labute approximate surface area is 183 Å². The Morgan fingerprint density at radius 3 is 2.48 bits per heavy atom. The van der Waals surface area contributed by atoms with E-state index in [2.05, 4.69) is 9.97 Å². The largest absolute Gasteiger partial charge is 0.329 e. The smallest absolute Gasteiger partial charge is 0.296 e. The number of rotatable bonds is 6. The molecular weight excluding hydrogens is 418 g/mol. The summed E-state index contributed by atoms with van der Waals surface area (Å²) in [7, 11) is 0. The highest BCUT2D eigenvalue weighted by molar-refractivity contribution is 6.31. The van der Waals surface area contributed by atoms with Crippen molar-refractivity contribution in [2.24, 2.45) is 0 Å². The summed E-state index contributed by atoms with van der Waals surface area (Å²) in [4.78, 5) is 56.6. The minimum Gasteiger partial charge on any atom is -0.296 e. The van der Waals surface area contributed by atoms with Crippen LogP contribution in [0.25, 0.3) is 0 Å². The molecule has 0 spiro atoms. The first-order chi connectivity index (χ1) is 14.6. The van der Waals surface area contributed by atoms with Gasteiger partial charge in [0.15, 0.2) is 6.29 Å². The number of aldehydes is 1. The molecule has 3 rings (SSSR count). The Hall–Kier alpha value is -3.32. The molecule has 0 fully saturated rings. The van der Waals surface area contributed by atoms with Gasteiger partial charge in [-0.1, -0.05) is 25.4 Å². The molecule has 2 heterocycles. The molecule has 2 aromatic heterocycles. The molecular formula is C23H22ClN3O4. The molecule has 0 saturated heterocycles. The molecule has 1 aromatic carbocycles. The molecule has 0 aliphatic carbocycles. The lowest BCUT2D eigenvalue weighted by atomic mass is 9.96. The van der Waals surface area contributed by atoms with Gasteiger partial charge in [0.2, 0.25) is 5.78 Å². The Morgan fingerprint density at radius 1 is 1.16 bits per heavy atom. The van der Waals surface area contributed by atoms with E-state index >= 15 is 0 Å². The standard InChI is InChI=1S/C23H22ClN3O4/c1-12(2)19-20(21(29)16-5-13(3)6-17(24)9-16)27(23(31)26-22(19)30)10-15-7-14(4)25-18(8-15)11-28/h5-9,11-12H,10H2,1-4H3,(H,26,30,31). The number of aromatic amines is 1. The van der Waals surface area contributed by atoms with Crippen LogP contribution in [0.1, 0.15) is 68.7 Å². The number of aromatic nitrogens is 3. The topological polar surface area (TPSA) is 102 Å². The molecule has 0 atom stereocenters. The van der Waals surface area contributed by atoms with Gasteiger partial charge in [0.05, 0.1) is 6.54 Å². The van der Waals surface area contributed by atoms with E-state index < -0.39 is 17.0 Å². The number of pyridine rings is 1. The third-order valence-electron chi connectivity index (χ3n) is 4.83. The second-order valence-electron chi connectivity index (χ2n) is 7.77. The van der Waals surface area contributed by atoms with E-state index in [9.17, 15) is 19.2 Å². The Morgan fingerprint density at radius 2 is 1.87 bits per heavy atom. The molecule has 0 unspecified atom stereocenters. The van der Waals surface area contributed by atoms with Crippen LogP contribution in [-0.2, 0) is 6.54 Å². The lowest BCUT2D eigenvalue weighted by Crippen LogP contribution is -2.38. The van der Waals surface area contributed by atoms with Crippen LogP contribution in [0.3, 0.4) is 0 Å². The highest BCUT2D eigenvalue weighted by atomic mass is 35.5. The van der Waals surface area contributed by atoms with Crippen LogP contribution in [0, 0.1) is 13.8 Å². The summed E-state index contributed by atoms with van der Waals surface area (Å²) in [5.74, 6) is -0.793. The van der Waals surface area contributed by atoms with Gasteiger partial charge in [-0.05, 0) is 61.2 Å². The number of carbonyl (C=O) groups is 2. The van der Waals surface area contributed by atoms with Gasteiger partial charge in [0, 0.05) is 21.8 Å². The number of nitrogens with one attached hydrogen (secondary N) is 1. The van der Waals surface area contributed by atoms with E-state index in [1.807, 2.05) is 0 Å². The van der Waals surface area contributed by atoms with E-state index in [0.717, 1.165) is 5.56 Å². The molecule has 0 radical (unpaired) electrons. The SMILES string of the molecule is Cc1cc(Cl)cc(C(=O)c2c(C(C)C)c(=O)[nH]c(=O)n2Cc2cc(C)nc(C=O)c2)c1. The van der Waals surface area contributed by atoms with E-state index in [1.54, 1.807) is 52.0 Å². The Balaban J connectivity index is 2.29. The average Bonchev–Trinajstić information content (AvgIpc) is 2.67. The van der Waals surface area contributed by atoms with E-state index in [4.69, 9.17) is 11.6 Å². The molecule has 31 heavy (non-hydrogen) atoms. The molecule has 1 N–H and O–H groups in total. The maximum Gasteiger partial charge on any atom is 0.329 e. The van der Waals surface area contributed by atoms with Crippen LogP contribution in [0.4, 0.5) is 0 Å². The summed E-state index contributed by atoms with van der Waals surface area (Å²) in [6.45, 7) is 7.07. The summed E-state index contributed by atoms with van der Waals surface area (Å²) in [5, 5.41) is 0.383. The zero-order valence-corrected chi connectivity index (χ0v) is 18.4. The van der Waals surface area contributed by atoms with Crippen LogP contribution >= 0.6 is 11.6 Å². The molecule has 0 amide bonds. The molecule has 3 aromatic rings. The molecule has 160 valence electrons. The number of ketones is 1. The van der Waals surface area contributed by atoms with Crippen LogP contribution in [0.5, 0.6) is 0 Å². The summed E-state index contributed by atoms with van der Waals surface area (Å²) >= 11 is 6.14. The lowest BCUT2D eigenvalue weighted by Gasteiger charge is -2.18. The monoisotopic (exact) mass is 439 g/mol. The highest BCUT2D eigenvalue weighted by Gasteiger charge is 2.25. The quantitative estimate of drug-likeness (QED) is 0.468.